The summed E-state index contributed by atoms with van der Waals surface area (Å²) >= 11 is 6.43. The molecule has 24 heavy (non-hydrogen) atoms. The van der Waals surface area contributed by atoms with Crippen molar-refractivity contribution in [3.05, 3.63) is 34.5 Å². The molecular formula is C14H13ClN6O3. The minimum absolute atomic E-state index is 0.190. The lowest BCUT2D eigenvalue weighted by Gasteiger charge is -2.12. The van der Waals surface area contributed by atoms with Gasteiger partial charge in [0.05, 0.1) is 23.3 Å². The molecule has 0 aliphatic carbocycles. The Morgan fingerprint density at radius 1 is 1.42 bits per heavy atom. The van der Waals surface area contributed by atoms with Crippen molar-refractivity contribution >= 4 is 23.5 Å². The highest BCUT2D eigenvalue weighted by Gasteiger charge is 2.22. The number of nitrogens with one attached hydrogen (secondary N) is 1. The van der Waals surface area contributed by atoms with Gasteiger partial charge in [-0.2, -0.15) is 0 Å². The number of rotatable bonds is 4. The van der Waals surface area contributed by atoms with Crippen LogP contribution < -0.4 is 10.1 Å². The molecule has 3 aromatic rings. The van der Waals surface area contributed by atoms with Crippen LogP contribution in [-0.2, 0) is 7.05 Å². The number of halogens is 1. The van der Waals surface area contributed by atoms with E-state index in [0.717, 1.165) is 0 Å². The predicted octanol–water partition coefficient (Wildman–Crippen LogP) is 2.09. The third-order valence-corrected chi connectivity index (χ3v) is 3.69. The number of ether oxygens (including phenoxy) is 1. The quantitative estimate of drug-likeness (QED) is 0.768. The number of benzene rings is 1. The van der Waals surface area contributed by atoms with Gasteiger partial charge in [-0.15, -0.1) is 0 Å². The average molecular weight is 349 g/mol. The van der Waals surface area contributed by atoms with Gasteiger partial charge in [0.25, 0.3) is 5.91 Å². The van der Waals surface area contributed by atoms with E-state index in [0.29, 0.717) is 22.8 Å². The smallest absolute Gasteiger partial charge is 0.259 e. The summed E-state index contributed by atoms with van der Waals surface area (Å²) in [5, 5.41) is 17.5. The van der Waals surface area contributed by atoms with E-state index in [9.17, 15) is 4.79 Å². The van der Waals surface area contributed by atoms with Crippen LogP contribution in [0.25, 0.3) is 11.3 Å². The number of amides is 1. The van der Waals surface area contributed by atoms with Crippen molar-refractivity contribution in [3.63, 3.8) is 0 Å². The molecule has 2 aromatic heterocycles. The van der Waals surface area contributed by atoms with Gasteiger partial charge in [0.2, 0.25) is 5.95 Å². The van der Waals surface area contributed by atoms with E-state index in [1.54, 1.807) is 32.2 Å². The van der Waals surface area contributed by atoms with E-state index in [2.05, 4.69) is 26.0 Å². The maximum Gasteiger partial charge on any atom is 0.259 e. The molecule has 124 valence electrons. The SMILES string of the molecule is COc1ccc(C(=O)Nc2nnnn2C)c(Cl)c1-c1cc(C)on1. The van der Waals surface area contributed by atoms with Gasteiger partial charge in [-0.25, -0.2) is 4.68 Å². The minimum atomic E-state index is -0.456. The van der Waals surface area contributed by atoms with Crippen LogP contribution in [-0.4, -0.2) is 38.4 Å². The van der Waals surface area contributed by atoms with Crippen molar-refractivity contribution in [3.8, 4) is 17.0 Å². The first-order chi connectivity index (χ1) is 11.5. The van der Waals surface area contributed by atoms with Crippen LogP contribution in [0.5, 0.6) is 5.75 Å². The molecule has 0 saturated carbocycles. The van der Waals surface area contributed by atoms with E-state index in [1.807, 2.05) is 0 Å². The molecule has 1 amide bonds. The number of methoxy groups -OCH3 is 1. The van der Waals surface area contributed by atoms with Crippen LogP contribution >= 0.6 is 11.6 Å². The van der Waals surface area contributed by atoms with Crippen molar-refractivity contribution in [2.24, 2.45) is 7.05 Å². The fourth-order valence-corrected chi connectivity index (χ4v) is 2.47. The number of hydrogen-bond acceptors (Lipinski definition) is 7. The summed E-state index contributed by atoms with van der Waals surface area (Å²) in [7, 11) is 3.11. The Morgan fingerprint density at radius 3 is 2.79 bits per heavy atom. The third-order valence-electron chi connectivity index (χ3n) is 3.30. The van der Waals surface area contributed by atoms with Gasteiger partial charge in [0, 0.05) is 13.1 Å². The summed E-state index contributed by atoms with van der Waals surface area (Å²) in [6.45, 7) is 1.76. The standard InChI is InChI=1S/C14H13ClN6O3/c1-7-6-9(18-24-7)11-10(23-3)5-4-8(12(11)15)13(22)16-14-17-19-20-21(14)2/h4-6H,1-3H3,(H,16,17,20,22). The second-order valence-corrected chi connectivity index (χ2v) is 5.29. The van der Waals surface area contributed by atoms with E-state index in [4.69, 9.17) is 20.9 Å². The lowest BCUT2D eigenvalue weighted by atomic mass is 10.1. The summed E-state index contributed by atoms with van der Waals surface area (Å²) in [5.74, 6) is 0.834. The number of tetrazole rings is 1. The average Bonchev–Trinajstić information content (AvgIpc) is 3.15. The maximum absolute atomic E-state index is 12.5. The van der Waals surface area contributed by atoms with Gasteiger partial charge >= 0.3 is 0 Å². The highest BCUT2D eigenvalue weighted by Crippen LogP contribution is 2.38. The summed E-state index contributed by atoms with van der Waals surface area (Å²) in [5.41, 5.74) is 1.18. The minimum Gasteiger partial charge on any atom is -0.496 e. The first kappa shape index (κ1) is 15.9. The van der Waals surface area contributed by atoms with Gasteiger partial charge in [0.15, 0.2) is 0 Å². The zero-order chi connectivity index (χ0) is 17.3. The molecule has 1 N–H and O–H groups in total. The number of hydrogen-bond donors (Lipinski definition) is 1. The Balaban J connectivity index is 2.03. The molecule has 0 saturated heterocycles. The maximum atomic E-state index is 12.5. The number of aryl methyl sites for hydroxylation is 2. The van der Waals surface area contributed by atoms with E-state index in [1.165, 1.54) is 11.8 Å². The number of carbonyl (C=O) groups is 1. The topological polar surface area (TPSA) is 108 Å². The van der Waals surface area contributed by atoms with Crippen LogP contribution in [0.4, 0.5) is 5.95 Å². The molecule has 0 spiro atoms. The molecule has 10 heteroatoms. The van der Waals surface area contributed by atoms with Crippen LogP contribution in [0.3, 0.4) is 0 Å². The van der Waals surface area contributed by atoms with Gasteiger partial charge < -0.3 is 9.26 Å². The first-order valence-corrected chi connectivity index (χ1v) is 7.23. The highest BCUT2D eigenvalue weighted by atomic mass is 35.5. The molecule has 3 rings (SSSR count). The Bertz CT molecular complexity index is 904. The van der Waals surface area contributed by atoms with Crippen molar-refractivity contribution in [1.29, 1.82) is 0 Å². The van der Waals surface area contributed by atoms with E-state index >= 15 is 0 Å². The Kier molecular flexibility index (Phi) is 4.17. The molecule has 0 fully saturated rings. The predicted molar refractivity (Wildman–Crippen MR) is 85.0 cm³/mol. The molecule has 1 aromatic carbocycles. The summed E-state index contributed by atoms with van der Waals surface area (Å²) in [6, 6.07) is 4.89. The van der Waals surface area contributed by atoms with Gasteiger partial charge in [-0.05, 0) is 29.5 Å². The Morgan fingerprint density at radius 2 is 2.21 bits per heavy atom. The van der Waals surface area contributed by atoms with E-state index in [-0.39, 0.29) is 16.5 Å². The van der Waals surface area contributed by atoms with Gasteiger partial charge in [0.1, 0.15) is 17.2 Å². The normalized spacial score (nSPS) is 10.7. The van der Waals surface area contributed by atoms with Crippen LogP contribution in [0.15, 0.2) is 22.7 Å². The molecule has 0 aliphatic heterocycles. The number of anilines is 1. The fourth-order valence-electron chi connectivity index (χ4n) is 2.13. The van der Waals surface area contributed by atoms with E-state index < -0.39 is 5.91 Å². The van der Waals surface area contributed by atoms with Crippen LogP contribution in [0.2, 0.25) is 5.02 Å². The lowest BCUT2D eigenvalue weighted by Crippen LogP contribution is -2.16. The van der Waals surface area contributed by atoms with Gasteiger partial charge in [-0.1, -0.05) is 21.9 Å². The van der Waals surface area contributed by atoms with Crippen molar-refractivity contribution in [2.75, 3.05) is 12.4 Å². The lowest BCUT2D eigenvalue weighted by molar-refractivity contribution is 0.102. The highest BCUT2D eigenvalue weighted by molar-refractivity contribution is 6.37. The molecule has 0 aliphatic rings. The molecule has 9 nitrogen and oxygen atoms in total. The van der Waals surface area contributed by atoms with Crippen LogP contribution in [0.1, 0.15) is 16.1 Å². The van der Waals surface area contributed by atoms with Crippen molar-refractivity contribution < 1.29 is 14.1 Å². The number of carbonyl (C=O) groups excluding carboxylic acids is 1. The second-order valence-electron chi connectivity index (χ2n) is 4.91. The summed E-state index contributed by atoms with van der Waals surface area (Å²) < 4.78 is 11.7. The van der Waals surface area contributed by atoms with Crippen molar-refractivity contribution in [1.82, 2.24) is 25.4 Å². The number of nitrogens with zero attached hydrogens (tertiary/aromatic N) is 5. The first-order valence-electron chi connectivity index (χ1n) is 6.85. The fraction of sp³-hybridized carbons (Fsp3) is 0.214. The molecular weight excluding hydrogens is 336 g/mol. The zero-order valence-electron chi connectivity index (χ0n) is 13.1. The van der Waals surface area contributed by atoms with Crippen LogP contribution in [0, 0.1) is 6.92 Å². The number of aromatic nitrogens is 5. The monoisotopic (exact) mass is 348 g/mol. The third kappa shape index (κ3) is 2.81. The molecule has 0 bridgehead atoms. The molecule has 2 heterocycles. The molecule has 0 atom stereocenters. The Labute approximate surface area is 141 Å². The Hall–Kier alpha value is -2.94. The zero-order valence-corrected chi connectivity index (χ0v) is 13.8. The largest absolute Gasteiger partial charge is 0.496 e. The van der Waals surface area contributed by atoms with Crippen molar-refractivity contribution in [2.45, 2.75) is 6.92 Å². The van der Waals surface area contributed by atoms with Gasteiger partial charge in [-0.3, -0.25) is 10.1 Å². The molecule has 0 unspecified atom stereocenters. The summed E-state index contributed by atoms with van der Waals surface area (Å²) in [6.07, 6.45) is 0. The molecule has 0 radical (unpaired) electrons. The second kappa shape index (κ2) is 6.28. The summed E-state index contributed by atoms with van der Waals surface area (Å²) in [4.78, 5) is 12.5.